The van der Waals surface area contributed by atoms with Gasteiger partial charge in [0.2, 0.25) is 0 Å². The van der Waals surface area contributed by atoms with Crippen LogP contribution in [0.25, 0.3) is 5.13 Å². The number of carbonyl (C=O) groups is 1. The van der Waals surface area contributed by atoms with Gasteiger partial charge in [-0.3, -0.25) is 4.79 Å². The molecule has 0 atom stereocenters. The molecule has 3 rings (SSSR count). The number of hydrogen-bond acceptors (Lipinski definition) is 4. The van der Waals surface area contributed by atoms with Crippen LogP contribution in [0.1, 0.15) is 17.4 Å². The Morgan fingerprint density at radius 2 is 2.00 bits per heavy atom. The zero-order chi connectivity index (χ0) is 15.4. The Morgan fingerprint density at radius 1 is 1.27 bits per heavy atom. The van der Waals surface area contributed by atoms with Crippen molar-refractivity contribution in [3.63, 3.8) is 0 Å². The van der Waals surface area contributed by atoms with E-state index in [4.69, 9.17) is 4.74 Å². The number of rotatable bonds is 5. The molecule has 0 aliphatic heterocycles. The summed E-state index contributed by atoms with van der Waals surface area (Å²) in [6.07, 6.45) is 3.79. The summed E-state index contributed by atoms with van der Waals surface area (Å²) < 4.78 is 7.24. The van der Waals surface area contributed by atoms with E-state index in [0.717, 1.165) is 10.9 Å². The van der Waals surface area contributed by atoms with Crippen LogP contribution >= 0.6 is 11.3 Å². The maximum absolute atomic E-state index is 12.2. The van der Waals surface area contributed by atoms with Crippen LogP contribution in [-0.2, 0) is 0 Å². The lowest BCUT2D eigenvalue weighted by molar-refractivity contribution is 0.102. The van der Waals surface area contributed by atoms with Crippen LogP contribution in [-0.4, -0.2) is 22.1 Å². The Hall–Kier alpha value is -2.60. The normalized spacial score (nSPS) is 10.4. The third-order valence-corrected chi connectivity index (χ3v) is 3.83. The van der Waals surface area contributed by atoms with E-state index in [1.54, 1.807) is 5.38 Å². The summed E-state index contributed by atoms with van der Waals surface area (Å²) in [4.78, 5) is 16.5. The molecule has 5 nitrogen and oxygen atoms in total. The predicted octanol–water partition coefficient (Wildman–Crippen LogP) is 3.58. The van der Waals surface area contributed by atoms with Crippen molar-refractivity contribution in [3.8, 4) is 10.9 Å². The molecule has 1 N–H and O–H groups in total. The highest BCUT2D eigenvalue weighted by molar-refractivity contribution is 7.12. The van der Waals surface area contributed by atoms with Gasteiger partial charge in [-0.15, -0.1) is 11.3 Å². The summed E-state index contributed by atoms with van der Waals surface area (Å²) >= 11 is 1.43. The summed E-state index contributed by atoms with van der Waals surface area (Å²) in [7, 11) is 0. The van der Waals surface area contributed by atoms with Gasteiger partial charge in [0, 0.05) is 23.5 Å². The Bertz CT molecular complexity index is 748. The van der Waals surface area contributed by atoms with Gasteiger partial charge in [0.15, 0.2) is 5.13 Å². The van der Waals surface area contributed by atoms with E-state index in [1.807, 2.05) is 60.3 Å². The Labute approximate surface area is 132 Å². The fourth-order valence-electron chi connectivity index (χ4n) is 1.95. The molecule has 2 aromatic heterocycles. The van der Waals surface area contributed by atoms with Crippen LogP contribution in [0.2, 0.25) is 0 Å². The molecule has 0 saturated heterocycles. The van der Waals surface area contributed by atoms with Gasteiger partial charge < -0.3 is 14.6 Å². The Kier molecular flexibility index (Phi) is 4.20. The first-order chi connectivity index (χ1) is 10.8. The van der Waals surface area contributed by atoms with Crippen molar-refractivity contribution in [2.24, 2.45) is 0 Å². The highest BCUT2D eigenvalue weighted by Gasteiger charge is 2.11. The average Bonchev–Trinajstić information content (AvgIpc) is 3.20. The second-order valence-corrected chi connectivity index (χ2v) is 5.35. The number of ether oxygens (including phenoxy) is 1. The van der Waals surface area contributed by atoms with Crippen molar-refractivity contribution in [2.75, 3.05) is 11.9 Å². The van der Waals surface area contributed by atoms with Crippen LogP contribution in [0, 0.1) is 0 Å². The van der Waals surface area contributed by atoms with Gasteiger partial charge in [-0.05, 0) is 43.3 Å². The molecular weight excluding hydrogens is 298 g/mol. The van der Waals surface area contributed by atoms with E-state index < -0.39 is 0 Å². The molecule has 0 bridgehead atoms. The topological polar surface area (TPSA) is 56.1 Å². The van der Waals surface area contributed by atoms with Crippen molar-refractivity contribution in [2.45, 2.75) is 6.92 Å². The summed E-state index contributed by atoms with van der Waals surface area (Å²) in [6.45, 7) is 2.55. The van der Waals surface area contributed by atoms with Crippen molar-refractivity contribution >= 4 is 22.9 Å². The molecule has 1 aromatic carbocycles. The first kappa shape index (κ1) is 14.3. The fraction of sp³-hybridized carbons (Fsp3) is 0.125. The summed E-state index contributed by atoms with van der Waals surface area (Å²) in [5.74, 6) is 0.558. The van der Waals surface area contributed by atoms with E-state index >= 15 is 0 Å². The number of thiazole rings is 1. The molecule has 0 unspecified atom stereocenters. The summed E-state index contributed by atoms with van der Waals surface area (Å²) in [5.41, 5.74) is 1.12. The maximum Gasteiger partial charge on any atom is 0.275 e. The number of anilines is 1. The zero-order valence-corrected chi connectivity index (χ0v) is 12.8. The number of amides is 1. The van der Waals surface area contributed by atoms with Gasteiger partial charge >= 0.3 is 0 Å². The van der Waals surface area contributed by atoms with Crippen LogP contribution in [0.3, 0.4) is 0 Å². The van der Waals surface area contributed by atoms with Crippen LogP contribution in [0.4, 0.5) is 5.69 Å². The minimum absolute atomic E-state index is 0.223. The average molecular weight is 313 g/mol. The van der Waals surface area contributed by atoms with Gasteiger partial charge in [0.25, 0.3) is 5.91 Å². The van der Waals surface area contributed by atoms with Gasteiger partial charge in [0.05, 0.1) is 6.61 Å². The van der Waals surface area contributed by atoms with Crippen molar-refractivity contribution < 1.29 is 9.53 Å². The number of aromatic nitrogens is 2. The lowest BCUT2D eigenvalue weighted by Crippen LogP contribution is -2.12. The lowest BCUT2D eigenvalue weighted by atomic mass is 10.3. The van der Waals surface area contributed by atoms with Crippen LogP contribution < -0.4 is 10.1 Å². The molecule has 0 saturated carbocycles. The molecule has 6 heteroatoms. The smallest absolute Gasteiger partial charge is 0.275 e. The molecule has 0 radical (unpaired) electrons. The Balaban J connectivity index is 1.69. The van der Waals surface area contributed by atoms with E-state index in [9.17, 15) is 4.79 Å². The number of hydrogen-bond donors (Lipinski definition) is 1. The van der Waals surface area contributed by atoms with E-state index in [0.29, 0.717) is 18.0 Å². The minimum Gasteiger partial charge on any atom is -0.494 e. The van der Waals surface area contributed by atoms with Gasteiger partial charge in [0.1, 0.15) is 11.4 Å². The van der Waals surface area contributed by atoms with Crippen LogP contribution in [0.15, 0.2) is 54.2 Å². The first-order valence-electron chi connectivity index (χ1n) is 6.89. The molecule has 22 heavy (non-hydrogen) atoms. The van der Waals surface area contributed by atoms with Crippen molar-refractivity contribution in [1.29, 1.82) is 0 Å². The monoisotopic (exact) mass is 313 g/mol. The third kappa shape index (κ3) is 3.17. The molecule has 0 fully saturated rings. The molecule has 0 aliphatic rings. The maximum atomic E-state index is 12.2. The molecule has 3 aromatic rings. The second kappa shape index (κ2) is 6.44. The molecule has 112 valence electrons. The molecule has 2 heterocycles. The molecule has 0 aliphatic carbocycles. The van der Waals surface area contributed by atoms with Crippen molar-refractivity contribution in [3.05, 3.63) is 59.9 Å². The predicted molar refractivity (Wildman–Crippen MR) is 87.0 cm³/mol. The van der Waals surface area contributed by atoms with Gasteiger partial charge in [-0.2, -0.15) is 0 Å². The highest BCUT2D eigenvalue weighted by Crippen LogP contribution is 2.18. The van der Waals surface area contributed by atoms with E-state index in [2.05, 4.69) is 10.3 Å². The highest BCUT2D eigenvalue weighted by atomic mass is 32.1. The SMILES string of the molecule is CCOc1ccc(NC(=O)c2csc(-n3cccc3)n2)cc1. The van der Waals surface area contributed by atoms with Gasteiger partial charge in [-0.25, -0.2) is 4.98 Å². The summed E-state index contributed by atoms with van der Waals surface area (Å²) in [5, 5.41) is 5.34. The number of carbonyl (C=O) groups excluding carboxylic acids is 1. The third-order valence-electron chi connectivity index (χ3n) is 2.97. The van der Waals surface area contributed by atoms with E-state index in [1.165, 1.54) is 11.3 Å². The fourth-order valence-corrected chi connectivity index (χ4v) is 2.72. The Morgan fingerprint density at radius 3 is 2.68 bits per heavy atom. The second-order valence-electron chi connectivity index (χ2n) is 4.52. The molecular formula is C16H15N3O2S. The van der Waals surface area contributed by atoms with Crippen LogP contribution in [0.5, 0.6) is 5.75 Å². The number of benzene rings is 1. The van der Waals surface area contributed by atoms with E-state index in [-0.39, 0.29) is 5.91 Å². The first-order valence-corrected chi connectivity index (χ1v) is 7.77. The minimum atomic E-state index is -0.223. The largest absolute Gasteiger partial charge is 0.494 e. The number of nitrogens with one attached hydrogen (secondary N) is 1. The molecule has 0 spiro atoms. The quantitative estimate of drug-likeness (QED) is 0.783. The van der Waals surface area contributed by atoms with Crippen molar-refractivity contribution in [1.82, 2.24) is 9.55 Å². The summed E-state index contributed by atoms with van der Waals surface area (Å²) in [6, 6.07) is 11.1. The zero-order valence-electron chi connectivity index (χ0n) is 12.0. The standard InChI is InChI=1S/C16H15N3O2S/c1-2-21-13-7-5-12(6-8-13)17-15(20)14-11-22-16(18-14)19-9-3-4-10-19/h3-11H,2H2,1H3,(H,17,20). The molecule has 1 amide bonds. The number of nitrogens with zero attached hydrogens (tertiary/aromatic N) is 2. The van der Waals surface area contributed by atoms with Gasteiger partial charge in [-0.1, -0.05) is 0 Å². The lowest BCUT2D eigenvalue weighted by Gasteiger charge is -2.05.